The largest absolute Gasteiger partial charge is 0.353 e. The van der Waals surface area contributed by atoms with Crippen molar-refractivity contribution in [3.05, 3.63) is 36.2 Å². The summed E-state index contributed by atoms with van der Waals surface area (Å²) in [6.45, 7) is 8.07. The summed E-state index contributed by atoms with van der Waals surface area (Å²) < 4.78 is 1.81. The lowest BCUT2D eigenvalue weighted by Gasteiger charge is -2.23. The Kier molecular flexibility index (Phi) is 4.05. The summed E-state index contributed by atoms with van der Waals surface area (Å²) in [5, 5.41) is 11.2. The number of aromatic nitrogens is 4. The Morgan fingerprint density at radius 2 is 2.09 bits per heavy atom. The molecule has 3 aliphatic rings. The number of carbonyl (C=O) groups is 1. The van der Waals surface area contributed by atoms with Crippen LogP contribution in [0.5, 0.6) is 0 Å². The summed E-state index contributed by atoms with van der Waals surface area (Å²) in [6, 6.07) is 6.02. The maximum absolute atomic E-state index is 12.3. The SMILES string of the molecule is CN(c1ccc2c(c1)NC(=O)C2(C)C)c1nc2c(N3CC[C@@]4(CCNC4)C3)nccn2n1. The first-order chi connectivity index (χ1) is 15.4. The molecule has 9 nitrogen and oxygen atoms in total. The van der Waals surface area contributed by atoms with Gasteiger partial charge in [-0.3, -0.25) is 4.79 Å². The predicted octanol–water partition coefficient (Wildman–Crippen LogP) is 2.31. The third kappa shape index (κ3) is 2.80. The number of carbonyl (C=O) groups excluding carboxylic acids is 1. The monoisotopic (exact) mass is 432 g/mol. The number of fused-ring (bicyclic) bond motifs is 2. The van der Waals surface area contributed by atoms with Gasteiger partial charge in [-0.05, 0) is 50.9 Å². The van der Waals surface area contributed by atoms with Gasteiger partial charge in [0.05, 0.1) is 5.41 Å². The van der Waals surface area contributed by atoms with Crippen molar-refractivity contribution < 1.29 is 4.79 Å². The summed E-state index contributed by atoms with van der Waals surface area (Å²) >= 11 is 0. The lowest BCUT2D eigenvalue weighted by Crippen LogP contribution is -2.29. The second-order valence-corrected chi connectivity index (χ2v) is 9.90. The predicted molar refractivity (Wildman–Crippen MR) is 124 cm³/mol. The number of hydrogen-bond donors (Lipinski definition) is 2. The van der Waals surface area contributed by atoms with Crippen molar-refractivity contribution in [3.63, 3.8) is 0 Å². The van der Waals surface area contributed by atoms with Gasteiger partial charge in [-0.2, -0.15) is 4.98 Å². The highest BCUT2D eigenvalue weighted by atomic mass is 16.2. The Morgan fingerprint density at radius 3 is 2.91 bits per heavy atom. The maximum Gasteiger partial charge on any atom is 0.250 e. The molecule has 5 heterocycles. The van der Waals surface area contributed by atoms with Crippen LogP contribution in [0, 0.1) is 5.41 Å². The van der Waals surface area contributed by atoms with Crippen molar-refractivity contribution >= 4 is 34.7 Å². The van der Waals surface area contributed by atoms with Gasteiger partial charge in [0, 0.05) is 55.9 Å². The number of amides is 1. The Hall–Kier alpha value is -3.20. The topological polar surface area (TPSA) is 90.7 Å². The van der Waals surface area contributed by atoms with E-state index < -0.39 is 5.41 Å². The van der Waals surface area contributed by atoms with Gasteiger partial charge < -0.3 is 20.4 Å². The molecular weight excluding hydrogens is 404 g/mol. The molecule has 3 aliphatic heterocycles. The van der Waals surface area contributed by atoms with Crippen molar-refractivity contribution in [1.82, 2.24) is 24.9 Å². The first-order valence-corrected chi connectivity index (χ1v) is 11.2. The number of hydrogen-bond acceptors (Lipinski definition) is 7. The van der Waals surface area contributed by atoms with Gasteiger partial charge in [0.2, 0.25) is 11.9 Å². The molecule has 1 spiro atoms. The zero-order valence-electron chi connectivity index (χ0n) is 18.7. The minimum absolute atomic E-state index is 0.0229. The molecule has 2 aromatic heterocycles. The molecule has 1 atom stereocenters. The summed E-state index contributed by atoms with van der Waals surface area (Å²) in [6.07, 6.45) is 6.04. The van der Waals surface area contributed by atoms with Crippen LogP contribution in [0.25, 0.3) is 5.65 Å². The second-order valence-electron chi connectivity index (χ2n) is 9.90. The zero-order valence-corrected chi connectivity index (χ0v) is 18.7. The van der Waals surface area contributed by atoms with Gasteiger partial charge in [-0.15, -0.1) is 5.10 Å². The lowest BCUT2D eigenvalue weighted by molar-refractivity contribution is -0.119. The highest BCUT2D eigenvalue weighted by molar-refractivity contribution is 6.06. The molecule has 0 aliphatic carbocycles. The third-order valence-corrected chi connectivity index (χ3v) is 7.47. The molecule has 166 valence electrons. The van der Waals surface area contributed by atoms with Crippen LogP contribution in [-0.4, -0.2) is 58.7 Å². The van der Waals surface area contributed by atoms with Gasteiger partial charge in [0.15, 0.2) is 11.5 Å². The molecule has 0 radical (unpaired) electrons. The van der Waals surface area contributed by atoms with Gasteiger partial charge in [0.1, 0.15) is 0 Å². The van der Waals surface area contributed by atoms with E-state index in [1.165, 1.54) is 12.8 Å². The van der Waals surface area contributed by atoms with Crippen LogP contribution in [0.3, 0.4) is 0 Å². The van der Waals surface area contributed by atoms with E-state index >= 15 is 0 Å². The van der Waals surface area contributed by atoms with Crippen molar-refractivity contribution in [3.8, 4) is 0 Å². The number of nitrogens with one attached hydrogen (secondary N) is 2. The Bertz CT molecular complexity index is 1230. The molecule has 0 saturated carbocycles. The highest BCUT2D eigenvalue weighted by Gasteiger charge is 2.41. The average molecular weight is 433 g/mol. The molecule has 2 fully saturated rings. The average Bonchev–Trinajstić information content (AvgIpc) is 3.55. The molecule has 0 unspecified atom stereocenters. The van der Waals surface area contributed by atoms with E-state index in [4.69, 9.17) is 10.1 Å². The van der Waals surface area contributed by atoms with Crippen LogP contribution in [0.2, 0.25) is 0 Å². The minimum atomic E-state index is -0.518. The molecular formula is C23H28N8O. The summed E-state index contributed by atoms with van der Waals surface area (Å²) in [7, 11) is 1.95. The molecule has 6 rings (SSSR count). The molecule has 32 heavy (non-hydrogen) atoms. The fraction of sp³-hybridized carbons (Fsp3) is 0.478. The third-order valence-electron chi connectivity index (χ3n) is 7.47. The molecule has 9 heteroatoms. The molecule has 3 aromatic rings. The molecule has 0 bridgehead atoms. The number of anilines is 4. The van der Waals surface area contributed by atoms with Crippen molar-refractivity contribution in [1.29, 1.82) is 0 Å². The van der Waals surface area contributed by atoms with Crippen LogP contribution >= 0.6 is 0 Å². The van der Waals surface area contributed by atoms with E-state index in [0.717, 1.165) is 54.6 Å². The van der Waals surface area contributed by atoms with Crippen LogP contribution in [0.15, 0.2) is 30.6 Å². The maximum atomic E-state index is 12.3. The summed E-state index contributed by atoms with van der Waals surface area (Å²) in [5.74, 6) is 1.51. The van der Waals surface area contributed by atoms with E-state index in [2.05, 4.69) is 20.5 Å². The smallest absolute Gasteiger partial charge is 0.250 e. The first kappa shape index (κ1) is 19.5. The minimum Gasteiger partial charge on any atom is -0.353 e. The molecule has 2 saturated heterocycles. The number of nitrogens with zero attached hydrogens (tertiary/aromatic N) is 6. The quantitative estimate of drug-likeness (QED) is 0.656. The van der Waals surface area contributed by atoms with E-state index in [1.807, 2.05) is 54.7 Å². The fourth-order valence-corrected chi connectivity index (χ4v) is 5.32. The fourth-order valence-electron chi connectivity index (χ4n) is 5.32. The van der Waals surface area contributed by atoms with Crippen LogP contribution in [0.1, 0.15) is 32.3 Å². The first-order valence-electron chi connectivity index (χ1n) is 11.2. The van der Waals surface area contributed by atoms with Crippen LogP contribution in [-0.2, 0) is 10.2 Å². The molecule has 1 aromatic carbocycles. The Balaban J connectivity index is 1.32. The van der Waals surface area contributed by atoms with E-state index in [1.54, 1.807) is 6.20 Å². The number of rotatable bonds is 3. The van der Waals surface area contributed by atoms with Gasteiger partial charge >= 0.3 is 0 Å². The van der Waals surface area contributed by atoms with Gasteiger partial charge in [-0.1, -0.05) is 6.07 Å². The van der Waals surface area contributed by atoms with E-state index in [9.17, 15) is 4.79 Å². The van der Waals surface area contributed by atoms with E-state index in [0.29, 0.717) is 11.4 Å². The van der Waals surface area contributed by atoms with E-state index in [-0.39, 0.29) is 5.91 Å². The van der Waals surface area contributed by atoms with Gasteiger partial charge in [0.25, 0.3) is 0 Å². The zero-order chi connectivity index (χ0) is 22.1. The Labute approximate surface area is 186 Å². The summed E-state index contributed by atoms with van der Waals surface area (Å²) in [5.41, 5.74) is 3.39. The molecule has 1 amide bonds. The van der Waals surface area contributed by atoms with Crippen LogP contribution < -0.4 is 20.4 Å². The second kappa shape index (κ2) is 6.65. The van der Waals surface area contributed by atoms with Crippen molar-refractivity contribution in [2.75, 3.05) is 48.3 Å². The van der Waals surface area contributed by atoms with Gasteiger partial charge in [-0.25, -0.2) is 9.50 Å². The standard InChI is InChI=1S/C23H28N8O/c1-22(2)16-5-4-15(12-17(16)26-20(22)32)29(3)21-27-19-18(25-9-11-31(19)28-21)30-10-7-23(14-30)6-8-24-13-23/h4-5,9,11-12,24H,6-8,10,13-14H2,1-3H3,(H,26,32)/t23-/m1/s1. The molecule has 2 N–H and O–H groups in total. The normalized spacial score (nSPS) is 23.8. The van der Waals surface area contributed by atoms with Crippen molar-refractivity contribution in [2.24, 2.45) is 5.41 Å². The summed E-state index contributed by atoms with van der Waals surface area (Å²) in [4.78, 5) is 26.1. The highest BCUT2D eigenvalue weighted by Crippen LogP contribution is 2.41. The Morgan fingerprint density at radius 1 is 1.22 bits per heavy atom. The van der Waals surface area contributed by atoms with Crippen LogP contribution in [0.4, 0.5) is 23.1 Å². The lowest BCUT2D eigenvalue weighted by atomic mass is 9.86. The van der Waals surface area contributed by atoms with Crippen molar-refractivity contribution in [2.45, 2.75) is 32.1 Å². The number of benzene rings is 1.